The lowest BCUT2D eigenvalue weighted by molar-refractivity contribution is 0.0851. The largest absolute Gasteiger partial charge is 0.494 e. The molecule has 1 aliphatic heterocycles. The molecular weight excluding hydrogens is 390 g/mol. The van der Waals surface area contributed by atoms with Crippen molar-refractivity contribution < 1.29 is 9.53 Å². The summed E-state index contributed by atoms with van der Waals surface area (Å²) in [4.78, 5) is 18.6. The molecular formula is C24H39N3O2Si. The smallest absolute Gasteiger partial charge is 0.172 e. The molecule has 5 nitrogen and oxygen atoms in total. The van der Waals surface area contributed by atoms with Gasteiger partial charge in [0.2, 0.25) is 0 Å². The molecule has 2 unspecified atom stereocenters. The summed E-state index contributed by atoms with van der Waals surface area (Å²) < 4.78 is 8.11. The van der Waals surface area contributed by atoms with E-state index < -0.39 is 8.24 Å². The number of hydrogen-bond acceptors (Lipinski definition) is 4. The van der Waals surface area contributed by atoms with Gasteiger partial charge in [-0.25, -0.2) is 4.98 Å². The summed E-state index contributed by atoms with van der Waals surface area (Å²) in [7, 11) is -0.331. The standard InChI is InChI=1S/C24H39N3O2Si/c1-15(2)30(16(3)4,17(5)6)27-12-10-19-22(21(29-8)14-26-24(19)27)23(28)20-13-25-11-9-18(20)7/h10,12,14-18,20,25H,9,11,13H2,1-8H3. The van der Waals surface area contributed by atoms with Crippen molar-refractivity contribution in [2.75, 3.05) is 20.2 Å². The van der Waals surface area contributed by atoms with Crippen LogP contribution in [0.3, 0.4) is 0 Å². The van der Waals surface area contributed by atoms with Crippen LogP contribution in [0.2, 0.25) is 16.6 Å². The molecule has 3 rings (SSSR count). The number of Topliss-reactive ketones (excluding diaryl/α,β-unsaturated/α-hetero) is 1. The number of carbonyl (C=O) groups is 1. The Balaban J connectivity index is 2.24. The van der Waals surface area contributed by atoms with Crippen molar-refractivity contribution in [1.82, 2.24) is 14.5 Å². The van der Waals surface area contributed by atoms with Crippen LogP contribution in [-0.4, -0.2) is 43.4 Å². The highest BCUT2D eigenvalue weighted by Gasteiger charge is 2.46. The van der Waals surface area contributed by atoms with Crippen LogP contribution in [0.4, 0.5) is 0 Å². The number of pyridine rings is 1. The van der Waals surface area contributed by atoms with Gasteiger partial charge in [0, 0.05) is 17.8 Å². The number of fused-ring (bicyclic) bond motifs is 1. The molecule has 1 N–H and O–H groups in total. The predicted molar refractivity (Wildman–Crippen MR) is 127 cm³/mol. The van der Waals surface area contributed by atoms with Gasteiger partial charge in [-0.3, -0.25) is 4.79 Å². The molecule has 1 saturated heterocycles. The summed E-state index contributed by atoms with van der Waals surface area (Å²) in [5, 5.41) is 4.34. The second kappa shape index (κ2) is 8.83. The molecule has 2 aromatic heterocycles. The van der Waals surface area contributed by atoms with Gasteiger partial charge < -0.3 is 14.3 Å². The molecule has 166 valence electrons. The number of nitrogens with one attached hydrogen (secondary N) is 1. The quantitative estimate of drug-likeness (QED) is 0.466. The van der Waals surface area contributed by atoms with E-state index in [0.717, 1.165) is 30.5 Å². The van der Waals surface area contributed by atoms with Gasteiger partial charge in [0.1, 0.15) is 11.4 Å². The Labute approximate surface area is 182 Å². The minimum atomic E-state index is -1.96. The summed E-state index contributed by atoms with van der Waals surface area (Å²) in [6.07, 6.45) is 4.98. The number of methoxy groups -OCH3 is 1. The lowest BCUT2D eigenvalue weighted by atomic mass is 9.82. The molecule has 3 heterocycles. The van der Waals surface area contributed by atoms with E-state index in [1.807, 2.05) is 0 Å². The van der Waals surface area contributed by atoms with Crippen LogP contribution >= 0.6 is 0 Å². The fourth-order valence-corrected chi connectivity index (χ4v) is 12.7. The molecule has 0 aliphatic carbocycles. The van der Waals surface area contributed by atoms with Crippen LogP contribution < -0.4 is 10.1 Å². The van der Waals surface area contributed by atoms with Crippen LogP contribution in [0.15, 0.2) is 18.5 Å². The normalized spacial score (nSPS) is 20.5. The van der Waals surface area contributed by atoms with Crippen LogP contribution in [-0.2, 0) is 0 Å². The molecule has 0 aromatic carbocycles. The first-order valence-corrected chi connectivity index (χ1v) is 13.6. The second-order valence-corrected chi connectivity index (χ2v) is 15.6. The zero-order valence-corrected chi connectivity index (χ0v) is 21.0. The molecule has 1 fully saturated rings. The molecule has 0 bridgehead atoms. The second-order valence-electron chi connectivity index (χ2n) is 9.92. The molecule has 2 atom stereocenters. The lowest BCUT2D eigenvalue weighted by Gasteiger charge is -2.44. The number of rotatable bonds is 7. The zero-order chi connectivity index (χ0) is 22.2. The third-order valence-corrected chi connectivity index (χ3v) is 14.2. The highest BCUT2D eigenvalue weighted by atomic mass is 28.3. The van der Waals surface area contributed by atoms with Gasteiger partial charge in [-0.05, 0) is 47.8 Å². The summed E-state index contributed by atoms with van der Waals surface area (Å²) in [6, 6.07) is 2.11. The van der Waals surface area contributed by atoms with Crippen molar-refractivity contribution in [3.8, 4) is 5.75 Å². The third kappa shape index (κ3) is 3.52. The molecule has 0 amide bonds. The molecule has 2 aromatic rings. The fraction of sp³-hybridized carbons (Fsp3) is 0.667. The van der Waals surface area contributed by atoms with Crippen LogP contribution in [0.1, 0.15) is 65.2 Å². The first kappa shape index (κ1) is 23.0. The van der Waals surface area contributed by atoms with Crippen LogP contribution in [0.5, 0.6) is 5.75 Å². The molecule has 0 spiro atoms. The topological polar surface area (TPSA) is 56.2 Å². The number of hydrogen-bond donors (Lipinski definition) is 1. The highest BCUT2D eigenvalue weighted by Crippen LogP contribution is 2.45. The lowest BCUT2D eigenvalue weighted by Crippen LogP contribution is -2.51. The summed E-state index contributed by atoms with van der Waals surface area (Å²) in [5.74, 6) is 1.12. The van der Waals surface area contributed by atoms with Crippen molar-refractivity contribution in [1.29, 1.82) is 0 Å². The summed E-state index contributed by atoms with van der Waals surface area (Å²) in [5.41, 5.74) is 3.32. The van der Waals surface area contributed by atoms with Crippen molar-refractivity contribution in [3.63, 3.8) is 0 Å². The summed E-state index contributed by atoms with van der Waals surface area (Å²) in [6.45, 7) is 18.0. The van der Waals surface area contributed by atoms with Crippen molar-refractivity contribution in [2.24, 2.45) is 11.8 Å². The van der Waals surface area contributed by atoms with Gasteiger partial charge in [-0.15, -0.1) is 0 Å². The van der Waals surface area contributed by atoms with E-state index in [1.165, 1.54) is 0 Å². The minimum Gasteiger partial charge on any atom is -0.494 e. The molecule has 6 heteroatoms. The maximum Gasteiger partial charge on any atom is 0.172 e. The molecule has 1 aliphatic rings. The minimum absolute atomic E-state index is 0.0242. The Bertz CT molecular complexity index is 881. The molecule has 0 saturated carbocycles. The van der Waals surface area contributed by atoms with E-state index in [2.05, 4.69) is 70.3 Å². The van der Waals surface area contributed by atoms with Crippen molar-refractivity contribution in [3.05, 3.63) is 24.0 Å². The SMILES string of the molecule is COc1cnc2c(ccn2[Si](C(C)C)(C(C)C)C(C)C)c1C(=O)C1CNCCC1C. The maximum absolute atomic E-state index is 13.7. The number of aromatic nitrogens is 2. The van der Waals surface area contributed by atoms with Crippen LogP contribution in [0, 0.1) is 11.8 Å². The van der Waals surface area contributed by atoms with Gasteiger partial charge in [0.15, 0.2) is 14.0 Å². The Morgan fingerprint density at radius 3 is 2.37 bits per heavy atom. The van der Waals surface area contributed by atoms with Gasteiger partial charge in [0.05, 0.1) is 18.9 Å². The highest BCUT2D eigenvalue weighted by molar-refractivity contribution is 6.82. The number of piperidine rings is 1. The maximum atomic E-state index is 13.7. The van der Waals surface area contributed by atoms with Crippen LogP contribution in [0.25, 0.3) is 11.0 Å². The van der Waals surface area contributed by atoms with E-state index >= 15 is 0 Å². The Hall–Kier alpha value is -1.66. The predicted octanol–water partition coefficient (Wildman–Crippen LogP) is 5.50. The number of ether oxygens (including phenoxy) is 1. The zero-order valence-electron chi connectivity index (χ0n) is 20.0. The number of nitrogens with zero attached hydrogens (tertiary/aromatic N) is 2. The van der Waals surface area contributed by atoms with Gasteiger partial charge >= 0.3 is 0 Å². The average Bonchev–Trinajstić information content (AvgIpc) is 3.11. The van der Waals surface area contributed by atoms with Gasteiger partial charge in [-0.2, -0.15) is 0 Å². The monoisotopic (exact) mass is 429 g/mol. The first-order chi connectivity index (χ1) is 14.2. The fourth-order valence-electron chi connectivity index (χ4n) is 6.15. The van der Waals surface area contributed by atoms with Gasteiger partial charge in [0.25, 0.3) is 0 Å². The van der Waals surface area contributed by atoms with Crippen molar-refractivity contribution >= 4 is 25.1 Å². The van der Waals surface area contributed by atoms with E-state index in [9.17, 15) is 4.79 Å². The molecule has 30 heavy (non-hydrogen) atoms. The summed E-state index contributed by atoms with van der Waals surface area (Å²) >= 11 is 0. The van der Waals surface area contributed by atoms with E-state index in [1.54, 1.807) is 13.3 Å². The van der Waals surface area contributed by atoms with Crippen molar-refractivity contribution in [2.45, 2.75) is 71.5 Å². The first-order valence-electron chi connectivity index (χ1n) is 11.5. The molecule has 0 radical (unpaired) electrons. The Kier molecular flexibility index (Phi) is 6.77. The number of carbonyl (C=O) groups excluding carboxylic acids is 1. The van der Waals surface area contributed by atoms with E-state index in [-0.39, 0.29) is 11.7 Å². The van der Waals surface area contributed by atoms with E-state index in [4.69, 9.17) is 9.72 Å². The number of ketones is 1. The van der Waals surface area contributed by atoms with E-state index in [0.29, 0.717) is 33.9 Å². The van der Waals surface area contributed by atoms with Gasteiger partial charge in [-0.1, -0.05) is 48.5 Å². The Morgan fingerprint density at radius 1 is 1.20 bits per heavy atom. The Morgan fingerprint density at radius 2 is 1.83 bits per heavy atom. The average molecular weight is 430 g/mol. The third-order valence-electron chi connectivity index (χ3n) is 7.50.